The highest BCUT2D eigenvalue weighted by atomic mass is 16.3. The first-order valence-corrected chi connectivity index (χ1v) is 5.97. The van der Waals surface area contributed by atoms with E-state index >= 15 is 0 Å². The van der Waals surface area contributed by atoms with Crippen LogP contribution in [0.25, 0.3) is 0 Å². The summed E-state index contributed by atoms with van der Waals surface area (Å²) in [6.45, 7) is 5.20. The van der Waals surface area contributed by atoms with Crippen molar-refractivity contribution in [1.82, 2.24) is 10.6 Å². The largest absolute Gasteiger partial charge is 0.508 e. The number of nitrogens with one attached hydrogen (secondary N) is 3. The number of aromatic hydroxyl groups is 1. The first kappa shape index (κ1) is 13.8. The number of nitrogens with two attached hydrogens (primary N) is 1. The Morgan fingerprint density at radius 2 is 1.47 bits per heavy atom. The zero-order valence-corrected chi connectivity index (χ0v) is 10.1. The van der Waals surface area contributed by atoms with E-state index in [0.29, 0.717) is 12.3 Å². The Morgan fingerprint density at radius 3 is 2.12 bits per heavy atom. The van der Waals surface area contributed by atoms with Crippen molar-refractivity contribution in [2.45, 2.75) is 0 Å². The van der Waals surface area contributed by atoms with Crippen LogP contribution in [0.1, 0.15) is 0 Å². The Labute approximate surface area is 102 Å². The second kappa shape index (κ2) is 8.81. The number of phenolic OH excluding ortho intramolecular Hbond substituents is 1. The first-order chi connectivity index (χ1) is 8.33. The minimum atomic E-state index is 0.291. The van der Waals surface area contributed by atoms with Gasteiger partial charge in [0.1, 0.15) is 5.75 Å². The number of rotatable bonds is 9. The molecule has 0 heterocycles. The third kappa shape index (κ3) is 6.78. The predicted molar refractivity (Wildman–Crippen MR) is 71.4 cm³/mol. The number of hydrogen-bond acceptors (Lipinski definition) is 5. The van der Waals surface area contributed by atoms with E-state index in [-0.39, 0.29) is 0 Å². The van der Waals surface area contributed by atoms with Gasteiger partial charge in [-0.25, -0.2) is 0 Å². The fraction of sp³-hybridized carbons (Fsp3) is 0.500. The zero-order valence-electron chi connectivity index (χ0n) is 10.1. The second-order valence-corrected chi connectivity index (χ2v) is 3.76. The van der Waals surface area contributed by atoms with E-state index in [9.17, 15) is 0 Å². The molecule has 17 heavy (non-hydrogen) atoms. The van der Waals surface area contributed by atoms with Gasteiger partial charge in [0.15, 0.2) is 0 Å². The molecule has 5 heteroatoms. The van der Waals surface area contributed by atoms with Crippen molar-refractivity contribution in [2.75, 3.05) is 44.6 Å². The fourth-order valence-corrected chi connectivity index (χ4v) is 1.40. The molecule has 0 bridgehead atoms. The van der Waals surface area contributed by atoms with Crippen LogP contribution in [0.5, 0.6) is 5.75 Å². The highest BCUT2D eigenvalue weighted by Crippen LogP contribution is 2.12. The van der Waals surface area contributed by atoms with E-state index < -0.39 is 0 Å². The Balaban J connectivity index is 1.95. The number of phenols is 1. The van der Waals surface area contributed by atoms with Gasteiger partial charge in [-0.2, -0.15) is 0 Å². The average molecular weight is 238 g/mol. The van der Waals surface area contributed by atoms with Crippen LogP contribution in [0.2, 0.25) is 0 Å². The molecule has 0 aliphatic carbocycles. The van der Waals surface area contributed by atoms with Crippen molar-refractivity contribution in [2.24, 2.45) is 5.73 Å². The molecule has 0 saturated carbocycles. The van der Waals surface area contributed by atoms with Crippen molar-refractivity contribution in [1.29, 1.82) is 0 Å². The summed E-state index contributed by atoms with van der Waals surface area (Å²) < 4.78 is 0. The van der Waals surface area contributed by atoms with Crippen molar-refractivity contribution < 1.29 is 5.11 Å². The van der Waals surface area contributed by atoms with Crippen LogP contribution in [0.15, 0.2) is 24.3 Å². The van der Waals surface area contributed by atoms with E-state index in [0.717, 1.165) is 38.4 Å². The number of benzene rings is 1. The number of hydrogen-bond donors (Lipinski definition) is 5. The summed E-state index contributed by atoms with van der Waals surface area (Å²) in [5.74, 6) is 0.291. The summed E-state index contributed by atoms with van der Waals surface area (Å²) in [6.07, 6.45) is 0. The summed E-state index contributed by atoms with van der Waals surface area (Å²) in [6, 6.07) is 7.06. The molecule has 0 radical (unpaired) electrons. The average Bonchev–Trinajstić information content (AvgIpc) is 2.35. The van der Waals surface area contributed by atoms with Gasteiger partial charge in [-0.3, -0.25) is 0 Å². The van der Waals surface area contributed by atoms with Crippen molar-refractivity contribution in [3.63, 3.8) is 0 Å². The van der Waals surface area contributed by atoms with E-state index in [4.69, 9.17) is 10.8 Å². The van der Waals surface area contributed by atoms with Crippen LogP contribution in [0.4, 0.5) is 5.69 Å². The molecule has 5 nitrogen and oxygen atoms in total. The van der Waals surface area contributed by atoms with Crippen molar-refractivity contribution in [3.8, 4) is 5.75 Å². The Bertz CT molecular complexity index is 289. The Hall–Kier alpha value is -1.30. The van der Waals surface area contributed by atoms with Gasteiger partial charge in [0.05, 0.1) is 0 Å². The molecule has 0 aromatic heterocycles. The third-order valence-electron chi connectivity index (χ3n) is 2.30. The molecule has 6 N–H and O–H groups in total. The fourth-order valence-electron chi connectivity index (χ4n) is 1.40. The molecular weight excluding hydrogens is 216 g/mol. The van der Waals surface area contributed by atoms with Crippen LogP contribution in [0, 0.1) is 0 Å². The highest BCUT2D eigenvalue weighted by molar-refractivity contribution is 5.45. The zero-order chi connectivity index (χ0) is 12.3. The van der Waals surface area contributed by atoms with Gasteiger partial charge in [0.25, 0.3) is 0 Å². The van der Waals surface area contributed by atoms with E-state index in [2.05, 4.69) is 16.0 Å². The van der Waals surface area contributed by atoms with Crippen molar-refractivity contribution >= 4 is 5.69 Å². The maximum Gasteiger partial charge on any atom is 0.115 e. The molecule has 0 amide bonds. The second-order valence-electron chi connectivity index (χ2n) is 3.76. The predicted octanol–water partition coefficient (Wildman–Crippen LogP) is -0.0580. The molecule has 96 valence electrons. The number of anilines is 1. The lowest BCUT2D eigenvalue weighted by Crippen LogP contribution is -2.32. The van der Waals surface area contributed by atoms with Gasteiger partial charge in [0.2, 0.25) is 0 Å². The molecule has 1 rings (SSSR count). The summed E-state index contributed by atoms with van der Waals surface area (Å²) in [5, 5.41) is 18.9. The summed E-state index contributed by atoms with van der Waals surface area (Å²) in [5.41, 5.74) is 6.37. The lowest BCUT2D eigenvalue weighted by atomic mass is 10.3. The van der Waals surface area contributed by atoms with E-state index in [1.807, 2.05) is 12.1 Å². The van der Waals surface area contributed by atoms with Crippen LogP contribution < -0.4 is 21.7 Å². The van der Waals surface area contributed by atoms with E-state index in [1.165, 1.54) is 0 Å². The van der Waals surface area contributed by atoms with Gasteiger partial charge >= 0.3 is 0 Å². The molecule has 0 aliphatic rings. The van der Waals surface area contributed by atoms with Gasteiger partial charge in [0, 0.05) is 45.0 Å². The summed E-state index contributed by atoms with van der Waals surface area (Å²) in [7, 11) is 0. The topological polar surface area (TPSA) is 82.3 Å². The Morgan fingerprint density at radius 1 is 0.882 bits per heavy atom. The molecule has 0 spiro atoms. The molecule has 1 aromatic rings. The third-order valence-corrected chi connectivity index (χ3v) is 2.30. The Kier molecular flexibility index (Phi) is 7.13. The molecule has 0 unspecified atom stereocenters. The molecule has 0 aliphatic heterocycles. The SMILES string of the molecule is NCCNCCNCCNc1ccc(O)cc1. The molecule has 0 saturated heterocycles. The van der Waals surface area contributed by atoms with Gasteiger partial charge in [-0.15, -0.1) is 0 Å². The minimum Gasteiger partial charge on any atom is -0.508 e. The van der Waals surface area contributed by atoms with Gasteiger partial charge in [-0.1, -0.05) is 0 Å². The van der Waals surface area contributed by atoms with Crippen molar-refractivity contribution in [3.05, 3.63) is 24.3 Å². The quantitative estimate of drug-likeness (QED) is 0.308. The highest BCUT2D eigenvalue weighted by Gasteiger charge is 1.92. The summed E-state index contributed by atoms with van der Waals surface area (Å²) in [4.78, 5) is 0. The standard InChI is InChI=1S/C12H22N4O/c13-5-6-14-7-8-15-9-10-16-11-1-3-12(17)4-2-11/h1-4,14-17H,5-10,13H2. The monoisotopic (exact) mass is 238 g/mol. The minimum absolute atomic E-state index is 0.291. The first-order valence-electron chi connectivity index (χ1n) is 5.97. The maximum absolute atomic E-state index is 9.11. The molecule has 0 atom stereocenters. The lowest BCUT2D eigenvalue weighted by molar-refractivity contribution is 0.475. The molecule has 0 fully saturated rings. The lowest BCUT2D eigenvalue weighted by Gasteiger charge is -2.08. The maximum atomic E-state index is 9.11. The van der Waals surface area contributed by atoms with Crippen LogP contribution >= 0.6 is 0 Å². The molecular formula is C12H22N4O. The normalized spacial score (nSPS) is 10.4. The van der Waals surface area contributed by atoms with Gasteiger partial charge in [-0.05, 0) is 24.3 Å². The van der Waals surface area contributed by atoms with Crippen LogP contribution in [-0.4, -0.2) is 44.4 Å². The van der Waals surface area contributed by atoms with Gasteiger partial charge < -0.3 is 26.8 Å². The van der Waals surface area contributed by atoms with E-state index in [1.54, 1.807) is 12.1 Å². The smallest absolute Gasteiger partial charge is 0.115 e. The van der Waals surface area contributed by atoms with Crippen LogP contribution in [0.3, 0.4) is 0 Å². The molecule has 1 aromatic carbocycles. The van der Waals surface area contributed by atoms with Crippen LogP contribution in [-0.2, 0) is 0 Å². The summed E-state index contributed by atoms with van der Waals surface area (Å²) >= 11 is 0.